The first-order chi connectivity index (χ1) is 9.82. The van der Waals surface area contributed by atoms with Gasteiger partial charge in [-0.25, -0.2) is 4.39 Å². The fourth-order valence-corrected chi connectivity index (χ4v) is 2.64. The van der Waals surface area contributed by atoms with Crippen LogP contribution in [0.5, 0.6) is 0 Å². The lowest BCUT2D eigenvalue weighted by molar-refractivity contribution is -0.140. The average molecular weight is 304 g/mol. The highest BCUT2D eigenvalue weighted by Crippen LogP contribution is 2.32. The molecule has 3 N–H and O–H groups in total. The zero-order chi connectivity index (χ0) is 15.6. The zero-order valence-corrected chi connectivity index (χ0v) is 11.2. The predicted octanol–water partition coefficient (Wildman–Crippen LogP) is 2.70. The maximum atomic E-state index is 13.2. The van der Waals surface area contributed by atoms with Gasteiger partial charge in [-0.3, -0.25) is 4.79 Å². The summed E-state index contributed by atoms with van der Waals surface area (Å²) in [5.41, 5.74) is 3.95. The Balaban J connectivity index is 2.16. The zero-order valence-electron chi connectivity index (χ0n) is 11.2. The van der Waals surface area contributed by atoms with E-state index in [1.807, 2.05) is 0 Å². The maximum Gasteiger partial charge on any atom is 0.419 e. The minimum Gasteiger partial charge on any atom is -0.349 e. The molecule has 3 nitrogen and oxygen atoms in total. The van der Waals surface area contributed by atoms with Crippen LogP contribution >= 0.6 is 0 Å². The summed E-state index contributed by atoms with van der Waals surface area (Å²) in [5, 5.41) is 2.69. The summed E-state index contributed by atoms with van der Waals surface area (Å²) in [6, 6.07) is 2.11. The highest BCUT2D eigenvalue weighted by atomic mass is 19.4. The second kappa shape index (κ2) is 6.01. The lowest BCUT2D eigenvalue weighted by Crippen LogP contribution is -2.39. The lowest BCUT2D eigenvalue weighted by Gasteiger charge is -2.19. The van der Waals surface area contributed by atoms with Crippen molar-refractivity contribution in [1.29, 1.82) is 0 Å². The van der Waals surface area contributed by atoms with Crippen LogP contribution in [0.15, 0.2) is 18.2 Å². The third-order valence-corrected chi connectivity index (χ3v) is 3.81. The maximum absolute atomic E-state index is 13.2. The normalized spacial score (nSPS) is 22.3. The third-order valence-electron chi connectivity index (χ3n) is 3.81. The smallest absolute Gasteiger partial charge is 0.349 e. The van der Waals surface area contributed by atoms with E-state index in [0.717, 1.165) is 25.3 Å². The van der Waals surface area contributed by atoms with E-state index in [-0.39, 0.29) is 17.5 Å². The van der Waals surface area contributed by atoms with E-state index in [2.05, 4.69) is 5.32 Å². The standard InChI is InChI=1S/C14H16F4N2O/c15-11-5-4-8(6-10(11)14(16,17)18)13(21)20-12-3-1-2-9(12)7-19/h4-6,9,12H,1-3,7,19H2,(H,20,21). The van der Waals surface area contributed by atoms with Gasteiger partial charge in [-0.15, -0.1) is 0 Å². The van der Waals surface area contributed by atoms with Crippen LogP contribution in [-0.2, 0) is 6.18 Å². The Labute approximate surface area is 119 Å². The number of amides is 1. The SMILES string of the molecule is NCC1CCCC1NC(=O)c1ccc(F)c(C(F)(F)F)c1. The van der Waals surface area contributed by atoms with Gasteiger partial charge in [-0.2, -0.15) is 13.2 Å². The Kier molecular flexibility index (Phi) is 4.51. The third kappa shape index (κ3) is 3.53. The first kappa shape index (κ1) is 15.8. The Morgan fingerprint density at radius 3 is 2.67 bits per heavy atom. The largest absolute Gasteiger partial charge is 0.419 e. The van der Waals surface area contributed by atoms with E-state index in [4.69, 9.17) is 5.73 Å². The molecule has 21 heavy (non-hydrogen) atoms. The number of benzene rings is 1. The van der Waals surface area contributed by atoms with Gasteiger partial charge in [-0.05, 0) is 43.5 Å². The summed E-state index contributed by atoms with van der Waals surface area (Å²) >= 11 is 0. The molecule has 1 aliphatic carbocycles. The van der Waals surface area contributed by atoms with Crippen molar-refractivity contribution in [3.05, 3.63) is 35.1 Å². The molecule has 1 fully saturated rings. The van der Waals surface area contributed by atoms with Crippen molar-refractivity contribution >= 4 is 5.91 Å². The highest BCUT2D eigenvalue weighted by molar-refractivity contribution is 5.94. The first-order valence-electron chi connectivity index (χ1n) is 6.70. The van der Waals surface area contributed by atoms with Gasteiger partial charge in [0.25, 0.3) is 5.91 Å². The molecule has 0 radical (unpaired) electrons. The molecule has 2 unspecified atom stereocenters. The molecule has 0 bridgehead atoms. The van der Waals surface area contributed by atoms with Gasteiger partial charge < -0.3 is 11.1 Å². The lowest BCUT2D eigenvalue weighted by atomic mass is 10.0. The minimum absolute atomic E-state index is 0.136. The molecular formula is C14H16F4N2O. The van der Waals surface area contributed by atoms with Crippen molar-refractivity contribution in [2.45, 2.75) is 31.5 Å². The molecule has 2 rings (SSSR count). The molecule has 1 aromatic carbocycles. The molecule has 0 saturated heterocycles. The number of nitrogens with one attached hydrogen (secondary N) is 1. The topological polar surface area (TPSA) is 55.1 Å². The van der Waals surface area contributed by atoms with Gasteiger partial charge in [-0.1, -0.05) is 6.42 Å². The molecule has 116 valence electrons. The van der Waals surface area contributed by atoms with Crippen molar-refractivity contribution in [3.63, 3.8) is 0 Å². The van der Waals surface area contributed by atoms with Crippen LogP contribution in [0.25, 0.3) is 0 Å². The molecule has 0 aliphatic heterocycles. The van der Waals surface area contributed by atoms with Crippen LogP contribution in [0.2, 0.25) is 0 Å². The van der Waals surface area contributed by atoms with E-state index in [9.17, 15) is 22.4 Å². The van der Waals surface area contributed by atoms with Gasteiger partial charge in [0.2, 0.25) is 0 Å². The number of alkyl halides is 3. The summed E-state index contributed by atoms with van der Waals surface area (Å²) in [6.45, 7) is 0.419. The molecule has 7 heteroatoms. The second-order valence-electron chi connectivity index (χ2n) is 5.20. The number of nitrogens with two attached hydrogens (primary N) is 1. The van der Waals surface area contributed by atoms with Crippen LogP contribution < -0.4 is 11.1 Å². The Bertz CT molecular complexity index is 530. The molecule has 0 heterocycles. The van der Waals surface area contributed by atoms with Gasteiger partial charge in [0, 0.05) is 11.6 Å². The van der Waals surface area contributed by atoms with E-state index < -0.39 is 23.5 Å². The van der Waals surface area contributed by atoms with Crippen molar-refractivity contribution < 1.29 is 22.4 Å². The van der Waals surface area contributed by atoms with Crippen molar-refractivity contribution in [2.24, 2.45) is 11.7 Å². The second-order valence-corrected chi connectivity index (χ2v) is 5.20. The summed E-state index contributed by atoms with van der Waals surface area (Å²) < 4.78 is 51.1. The fraction of sp³-hybridized carbons (Fsp3) is 0.500. The number of rotatable bonds is 3. The molecule has 0 aromatic heterocycles. The van der Waals surface area contributed by atoms with E-state index >= 15 is 0 Å². The van der Waals surface area contributed by atoms with Crippen LogP contribution in [0.1, 0.15) is 35.2 Å². The number of halogens is 4. The van der Waals surface area contributed by atoms with Crippen molar-refractivity contribution in [3.8, 4) is 0 Å². The van der Waals surface area contributed by atoms with E-state index in [1.54, 1.807) is 0 Å². The molecule has 1 saturated carbocycles. The molecular weight excluding hydrogens is 288 g/mol. The van der Waals surface area contributed by atoms with Crippen LogP contribution in [-0.4, -0.2) is 18.5 Å². The average Bonchev–Trinajstić information content (AvgIpc) is 2.85. The van der Waals surface area contributed by atoms with Gasteiger partial charge in [0.05, 0.1) is 5.56 Å². The summed E-state index contributed by atoms with van der Waals surface area (Å²) in [6.07, 6.45) is -2.27. The van der Waals surface area contributed by atoms with Gasteiger partial charge in [0.1, 0.15) is 5.82 Å². The molecule has 1 aromatic rings. The molecule has 0 spiro atoms. The van der Waals surface area contributed by atoms with Gasteiger partial charge in [0.15, 0.2) is 0 Å². The minimum atomic E-state index is -4.83. The van der Waals surface area contributed by atoms with Crippen LogP contribution in [0.4, 0.5) is 17.6 Å². The number of hydrogen-bond acceptors (Lipinski definition) is 2. The Hall–Kier alpha value is -1.63. The van der Waals surface area contributed by atoms with Crippen molar-refractivity contribution in [2.75, 3.05) is 6.54 Å². The van der Waals surface area contributed by atoms with E-state index in [1.165, 1.54) is 0 Å². The quantitative estimate of drug-likeness (QED) is 0.844. The highest BCUT2D eigenvalue weighted by Gasteiger charge is 2.35. The van der Waals surface area contributed by atoms with Crippen molar-refractivity contribution in [1.82, 2.24) is 5.32 Å². The van der Waals surface area contributed by atoms with E-state index in [0.29, 0.717) is 18.7 Å². The summed E-state index contributed by atoms with van der Waals surface area (Å²) in [5.74, 6) is -1.89. The number of hydrogen-bond donors (Lipinski definition) is 2. The summed E-state index contributed by atoms with van der Waals surface area (Å²) in [7, 11) is 0. The first-order valence-corrected chi connectivity index (χ1v) is 6.70. The fourth-order valence-electron chi connectivity index (χ4n) is 2.64. The predicted molar refractivity (Wildman–Crippen MR) is 69.1 cm³/mol. The number of carbonyl (C=O) groups excluding carboxylic acids is 1. The molecule has 1 amide bonds. The number of carbonyl (C=O) groups is 1. The van der Waals surface area contributed by atoms with Gasteiger partial charge >= 0.3 is 6.18 Å². The Morgan fingerprint density at radius 1 is 1.33 bits per heavy atom. The Morgan fingerprint density at radius 2 is 2.05 bits per heavy atom. The monoisotopic (exact) mass is 304 g/mol. The molecule has 1 aliphatic rings. The van der Waals surface area contributed by atoms with Crippen LogP contribution in [0.3, 0.4) is 0 Å². The summed E-state index contributed by atoms with van der Waals surface area (Å²) in [4.78, 5) is 12.0. The molecule has 2 atom stereocenters. The van der Waals surface area contributed by atoms with Crippen LogP contribution in [0, 0.1) is 11.7 Å².